The Labute approximate surface area is 97.0 Å². The fraction of sp³-hybridized carbons (Fsp3) is 0.917. The number of aliphatic hydroxyl groups excluding tert-OH is 1. The molecule has 2 aliphatic rings. The van der Waals surface area contributed by atoms with Crippen LogP contribution < -0.4 is 5.32 Å². The van der Waals surface area contributed by atoms with Gasteiger partial charge in [-0.2, -0.15) is 0 Å². The van der Waals surface area contributed by atoms with Gasteiger partial charge in [0.15, 0.2) is 0 Å². The molecular formula is C12H22N2O2. The van der Waals surface area contributed by atoms with Gasteiger partial charge in [-0.3, -0.25) is 0 Å². The fourth-order valence-corrected chi connectivity index (χ4v) is 2.50. The van der Waals surface area contributed by atoms with Crippen molar-refractivity contribution < 1.29 is 9.90 Å². The predicted molar refractivity (Wildman–Crippen MR) is 62.1 cm³/mol. The van der Waals surface area contributed by atoms with E-state index in [0.29, 0.717) is 18.5 Å². The number of nitrogens with one attached hydrogen (secondary N) is 1. The number of hydrogen-bond donors (Lipinski definition) is 2. The molecule has 0 bridgehead atoms. The second kappa shape index (κ2) is 5.04. The van der Waals surface area contributed by atoms with Crippen LogP contribution in [0.1, 0.15) is 39.0 Å². The normalized spacial score (nSPS) is 33.6. The van der Waals surface area contributed by atoms with Gasteiger partial charge in [-0.05, 0) is 31.6 Å². The zero-order valence-electron chi connectivity index (χ0n) is 9.98. The second-order valence-electron chi connectivity index (χ2n) is 5.08. The van der Waals surface area contributed by atoms with Gasteiger partial charge in [-0.25, -0.2) is 4.79 Å². The van der Waals surface area contributed by atoms with Crippen molar-refractivity contribution in [1.29, 1.82) is 0 Å². The van der Waals surface area contributed by atoms with Crippen molar-refractivity contribution in [3.63, 3.8) is 0 Å². The molecule has 0 aromatic heterocycles. The number of piperidine rings is 1. The lowest BCUT2D eigenvalue weighted by Crippen LogP contribution is -2.47. The lowest BCUT2D eigenvalue weighted by molar-refractivity contribution is 0.0840. The summed E-state index contributed by atoms with van der Waals surface area (Å²) in [4.78, 5) is 13.6. The Morgan fingerprint density at radius 2 is 2.38 bits per heavy atom. The number of hydrogen-bond acceptors (Lipinski definition) is 2. The first-order valence-electron chi connectivity index (χ1n) is 6.44. The lowest BCUT2D eigenvalue weighted by Gasteiger charge is -2.30. The second-order valence-corrected chi connectivity index (χ2v) is 5.08. The summed E-state index contributed by atoms with van der Waals surface area (Å²) in [7, 11) is 0. The van der Waals surface area contributed by atoms with Gasteiger partial charge in [0.05, 0.1) is 6.10 Å². The quantitative estimate of drug-likeness (QED) is 0.763. The zero-order chi connectivity index (χ0) is 11.5. The average molecular weight is 226 g/mol. The maximum Gasteiger partial charge on any atom is 0.317 e. The van der Waals surface area contributed by atoms with Crippen molar-refractivity contribution in [3.05, 3.63) is 0 Å². The summed E-state index contributed by atoms with van der Waals surface area (Å²) in [6, 6.07) is 0.411. The number of nitrogens with zero attached hydrogens (tertiary/aromatic N) is 1. The minimum absolute atomic E-state index is 0.0161. The highest BCUT2D eigenvalue weighted by Gasteiger charge is 2.38. The molecule has 4 nitrogen and oxygen atoms in total. The Bertz CT molecular complexity index is 257. The van der Waals surface area contributed by atoms with Crippen LogP contribution in [-0.4, -0.2) is 41.3 Å². The number of aliphatic hydroxyl groups is 1. The molecule has 1 aliphatic heterocycles. The highest BCUT2D eigenvalue weighted by molar-refractivity contribution is 5.75. The summed E-state index contributed by atoms with van der Waals surface area (Å²) < 4.78 is 0. The third-order valence-corrected chi connectivity index (χ3v) is 3.57. The van der Waals surface area contributed by atoms with Gasteiger partial charge >= 0.3 is 6.03 Å². The van der Waals surface area contributed by atoms with Crippen LogP contribution in [0.25, 0.3) is 0 Å². The van der Waals surface area contributed by atoms with E-state index in [-0.39, 0.29) is 12.1 Å². The van der Waals surface area contributed by atoms with Gasteiger partial charge in [0.2, 0.25) is 0 Å². The first kappa shape index (κ1) is 11.7. The third kappa shape index (κ3) is 2.88. The summed E-state index contributed by atoms with van der Waals surface area (Å²) in [6.45, 7) is 3.46. The predicted octanol–water partition coefficient (Wildman–Crippen LogP) is 1.34. The number of carbonyl (C=O) groups is 1. The van der Waals surface area contributed by atoms with Gasteiger partial charge in [-0.1, -0.05) is 13.3 Å². The van der Waals surface area contributed by atoms with Gasteiger partial charge in [0.25, 0.3) is 0 Å². The molecule has 1 saturated heterocycles. The Hall–Kier alpha value is -0.770. The molecule has 2 N–H and O–H groups in total. The molecule has 2 rings (SSSR count). The van der Waals surface area contributed by atoms with Crippen LogP contribution in [0.2, 0.25) is 0 Å². The smallest absolute Gasteiger partial charge is 0.317 e. The Kier molecular flexibility index (Phi) is 3.69. The van der Waals surface area contributed by atoms with Crippen molar-refractivity contribution in [2.45, 2.75) is 51.2 Å². The molecule has 1 saturated carbocycles. The first-order valence-corrected chi connectivity index (χ1v) is 6.44. The van der Waals surface area contributed by atoms with Crippen LogP contribution >= 0.6 is 0 Å². The van der Waals surface area contributed by atoms with Gasteiger partial charge < -0.3 is 15.3 Å². The molecule has 4 heteroatoms. The minimum atomic E-state index is -0.329. The summed E-state index contributed by atoms with van der Waals surface area (Å²) in [5, 5.41) is 12.5. The Morgan fingerprint density at radius 1 is 1.56 bits per heavy atom. The van der Waals surface area contributed by atoms with Crippen molar-refractivity contribution in [2.24, 2.45) is 5.92 Å². The third-order valence-electron chi connectivity index (χ3n) is 3.57. The molecule has 16 heavy (non-hydrogen) atoms. The van der Waals surface area contributed by atoms with E-state index in [0.717, 1.165) is 25.8 Å². The first-order chi connectivity index (χ1) is 7.70. The highest BCUT2D eigenvalue weighted by Crippen LogP contribution is 2.34. The van der Waals surface area contributed by atoms with Crippen molar-refractivity contribution in [3.8, 4) is 0 Å². The van der Waals surface area contributed by atoms with Crippen LogP contribution in [0.4, 0.5) is 4.79 Å². The zero-order valence-corrected chi connectivity index (χ0v) is 9.98. The number of amides is 2. The molecule has 3 atom stereocenters. The standard InChI is InChI=1S/C12H22N2O2/c1-2-4-9-7-11(9)13-12(16)14-6-3-5-10(15)8-14/h9-11,15H,2-8H2,1H3,(H,13,16). The van der Waals surface area contributed by atoms with Crippen molar-refractivity contribution in [2.75, 3.05) is 13.1 Å². The van der Waals surface area contributed by atoms with E-state index in [1.807, 2.05) is 0 Å². The molecule has 1 heterocycles. The SMILES string of the molecule is CCCC1CC1NC(=O)N1CCCC(O)C1. The van der Waals surface area contributed by atoms with E-state index in [4.69, 9.17) is 0 Å². The molecule has 0 aromatic rings. The van der Waals surface area contributed by atoms with Crippen LogP contribution in [0.5, 0.6) is 0 Å². The molecule has 2 amide bonds. The van der Waals surface area contributed by atoms with Crippen LogP contribution in [0, 0.1) is 5.92 Å². The van der Waals surface area contributed by atoms with E-state index in [2.05, 4.69) is 12.2 Å². The van der Waals surface area contributed by atoms with E-state index in [1.165, 1.54) is 12.8 Å². The van der Waals surface area contributed by atoms with Gasteiger partial charge in [-0.15, -0.1) is 0 Å². The van der Waals surface area contributed by atoms with Crippen molar-refractivity contribution in [1.82, 2.24) is 10.2 Å². The van der Waals surface area contributed by atoms with Crippen LogP contribution in [0.3, 0.4) is 0 Å². The number of urea groups is 1. The van der Waals surface area contributed by atoms with Gasteiger partial charge in [0, 0.05) is 19.1 Å². The minimum Gasteiger partial charge on any atom is -0.391 e. The Balaban J connectivity index is 1.72. The largest absolute Gasteiger partial charge is 0.391 e. The molecule has 0 aromatic carbocycles. The summed E-state index contributed by atoms with van der Waals surface area (Å²) in [5.74, 6) is 0.698. The summed E-state index contributed by atoms with van der Waals surface area (Å²) in [5.41, 5.74) is 0. The molecule has 92 valence electrons. The van der Waals surface area contributed by atoms with E-state index >= 15 is 0 Å². The molecule has 2 fully saturated rings. The summed E-state index contributed by atoms with van der Waals surface area (Å²) >= 11 is 0. The summed E-state index contributed by atoms with van der Waals surface area (Å²) in [6.07, 6.45) is 4.96. The van der Waals surface area contributed by atoms with Gasteiger partial charge in [0.1, 0.15) is 0 Å². The topological polar surface area (TPSA) is 52.6 Å². The number of rotatable bonds is 3. The molecule has 0 radical (unpaired) electrons. The molecular weight excluding hydrogens is 204 g/mol. The average Bonchev–Trinajstić information content (AvgIpc) is 2.97. The lowest BCUT2D eigenvalue weighted by atomic mass is 10.1. The number of carbonyl (C=O) groups excluding carboxylic acids is 1. The van der Waals surface area contributed by atoms with Crippen molar-refractivity contribution >= 4 is 6.03 Å². The monoisotopic (exact) mass is 226 g/mol. The highest BCUT2D eigenvalue weighted by atomic mass is 16.3. The molecule has 0 spiro atoms. The number of likely N-dealkylation sites (tertiary alicyclic amines) is 1. The van der Waals surface area contributed by atoms with Crippen LogP contribution in [0.15, 0.2) is 0 Å². The maximum absolute atomic E-state index is 11.8. The van der Waals surface area contributed by atoms with E-state index in [9.17, 15) is 9.90 Å². The molecule has 1 aliphatic carbocycles. The molecule has 3 unspecified atom stereocenters. The fourth-order valence-electron chi connectivity index (χ4n) is 2.50. The van der Waals surface area contributed by atoms with E-state index in [1.54, 1.807) is 4.90 Å². The maximum atomic E-state index is 11.8. The van der Waals surface area contributed by atoms with E-state index < -0.39 is 0 Å². The number of β-amino-alcohol motifs (C(OH)–C–C–N with tert-alkyl or cyclic N) is 1. The van der Waals surface area contributed by atoms with Crippen LogP contribution in [-0.2, 0) is 0 Å². The Morgan fingerprint density at radius 3 is 3.06 bits per heavy atom.